The van der Waals surface area contributed by atoms with Crippen molar-refractivity contribution in [3.8, 4) is 5.75 Å². The molecule has 2 N–H and O–H groups in total. The Balaban J connectivity index is 1.70. The lowest BCUT2D eigenvalue weighted by Crippen LogP contribution is -2.30. The van der Waals surface area contributed by atoms with Crippen molar-refractivity contribution in [1.29, 1.82) is 0 Å². The number of carbonyl (C=O) groups is 2. The van der Waals surface area contributed by atoms with E-state index in [0.29, 0.717) is 31.5 Å². The normalized spacial score (nSPS) is 15.9. The number of benzene rings is 2. The number of nitrogens with one attached hydrogen (secondary N) is 2. The van der Waals surface area contributed by atoms with Crippen molar-refractivity contribution in [2.75, 3.05) is 25.1 Å². The lowest BCUT2D eigenvalue weighted by molar-refractivity contribution is -0.123. The van der Waals surface area contributed by atoms with E-state index in [2.05, 4.69) is 10.6 Å². The van der Waals surface area contributed by atoms with Crippen molar-refractivity contribution in [2.24, 2.45) is 5.92 Å². The molecular weight excluding hydrogens is 406 g/mol. The molecule has 1 aliphatic rings. The van der Waals surface area contributed by atoms with Crippen molar-refractivity contribution in [2.45, 2.75) is 32.7 Å². The van der Waals surface area contributed by atoms with E-state index >= 15 is 0 Å². The van der Waals surface area contributed by atoms with Gasteiger partial charge in [0.15, 0.2) is 0 Å². The zero-order valence-corrected chi connectivity index (χ0v) is 17.4. The van der Waals surface area contributed by atoms with Gasteiger partial charge in [-0.15, -0.1) is 0 Å². The van der Waals surface area contributed by atoms with Crippen LogP contribution in [0.2, 0.25) is 0 Å². The van der Waals surface area contributed by atoms with Crippen molar-refractivity contribution in [1.82, 2.24) is 5.32 Å². The van der Waals surface area contributed by atoms with E-state index in [1.165, 1.54) is 0 Å². The topological polar surface area (TPSA) is 76.7 Å². The summed E-state index contributed by atoms with van der Waals surface area (Å²) in [5.41, 5.74) is 0.134. The van der Waals surface area contributed by atoms with Gasteiger partial charge in [0.2, 0.25) is 5.91 Å². The highest BCUT2D eigenvalue weighted by Crippen LogP contribution is 2.23. The van der Waals surface area contributed by atoms with Gasteiger partial charge in [-0.3, -0.25) is 9.59 Å². The van der Waals surface area contributed by atoms with Crippen molar-refractivity contribution in [3.63, 3.8) is 0 Å². The average Bonchev–Trinajstić information content (AvgIpc) is 2.78. The summed E-state index contributed by atoms with van der Waals surface area (Å²) < 4.78 is 39.4. The highest BCUT2D eigenvalue weighted by Gasteiger charge is 2.24. The lowest BCUT2D eigenvalue weighted by atomic mass is 10.0. The fraction of sp³-hybridized carbons (Fsp3) is 0.391. The summed E-state index contributed by atoms with van der Waals surface area (Å²) in [4.78, 5) is 24.9. The first-order valence-corrected chi connectivity index (χ1v) is 10.4. The van der Waals surface area contributed by atoms with Crippen LogP contribution >= 0.6 is 0 Å². The molecule has 0 aliphatic carbocycles. The second-order valence-corrected chi connectivity index (χ2v) is 7.35. The Labute approximate surface area is 179 Å². The highest BCUT2D eigenvalue weighted by molar-refractivity contribution is 5.98. The molecule has 31 heavy (non-hydrogen) atoms. The number of ether oxygens (including phenoxy) is 2. The van der Waals surface area contributed by atoms with Crippen LogP contribution in [0.25, 0.3) is 0 Å². The Morgan fingerprint density at radius 3 is 2.74 bits per heavy atom. The molecule has 1 atom stereocenters. The van der Waals surface area contributed by atoms with E-state index in [9.17, 15) is 18.4 Å². The predicted molar refractivity (Wildman–Crippen MR) is 112 cm³/mol. The zero-order valence-electron chi connectivity index (χ0n) is 17.4. The molecule has 0 spiro atoms. The number of anilines is 1. The Hall–Kier alpha value is -3.00. The molecule has 0 bridgehead atoms. The number of hydrogen-bond acceptors (Lipinski definition) is 4. The fourth-order valence-corrected chi connectivity index (χ4v) is 3.27. The molecule has 166 valence electrons. The molecule has 6 nitrogen and oxygen atoms in total. The van der Waals surface area contributed by atoms with Gasteiger partial charge in [-0.2, -0.15) is 0 Å². The molecule has 1 saturated heterocycles. The minimum Gasteiger partial charge on any atom is -0.493 e. The van der Waals surface area contributed by atoms with Gasteiger partial charge in [-0.1, -0.05) is 25.1 Å². The first-order valence-electron chi connectivity index (χ1n) is 10.4. The number of para-hydroxylation sites is 1. The molecule has 0 radical (unpaired) electrons. The van der Waals surface area contributed by atoms with Crippen molar-refractivity contribution < 1.29 is 27.8 Å². The highest BCUT2D eigenvalue weighted by atomic mass is 19.1. The van der Waals surface area contributed by atoms with E-state index < -0.39 is 29.4 Å². The monoisotopic (exact) mass is 432 g/mol. The van der Waals surface area contributed by atoms with Crippen LogP contribution in [0.15, 0.2) is 36.4 Å². The molecule has 0 saturated carbocycles. The van der Waals surface area contributed by atoms with Crippen LogP contribution in [0.4, 0.5) is 14.5 Å². The van der Waals surface area contributed by atoms with Crippen LogP contribution in [0, 0.1) is 17.6 Å². The molecule has 0 aromatic heterocycles. The summed E-state index contributed by atoms with van der Waals surface area (Å²) in [6.07, 6.45) is 2.20. The second-order valence-electron chi connectivity index (χ2n) is 7.35. The molecule has 1 heterocycles. The largest absolute Gasteiger partial charge is 0.493 e. The maximum Gasteiger partial charge on any atom is 0.254 e. The van der Waals surface area contributed by atoms with Gasteiger partial charge in [0.1, 0.15) is 17.4 Å². The maximum absolute atomic E-state index is 14.3. The second kappa shape index (κ2) is 10.9. The van der Waals surface area contributed by atoms with Gasteiger partial charge in [0.05, 0.1) is 30.4 Å². The summed E-state index contributed by atoms with van der Waals surface area (Å²) in [5, 5.41) is 5.07. The van der Waals surface area contributed by atoms with E-state index in [4.69, 9.17) is 9.47 Å². The number of amides is 2. The Morgan fingerprint density at radius 1 is 1.19 bits per heavy atom. The van der Waals surface area contributed by atoms with E-state index in [1.54, 1.807) is 18.2 Å². The third-order valence-corrected chi connectivity index (χ3v) is 4.96. The number of rotatable bonds is 8. The number of halogens is 2. The molecule has 2 amide bonds. The molecule has 2 aromatic carbocycles. The molecule has 3 rings (SSSR count). The minimum atomic E-state index is -1.01. The summed E-state index contributed by atoms with van der Waals surface area (Å²) >= 11 is 0. The van der Waals surface area contributed by atoms with Crippen LogP contribution in [0.3, 0.4) is 0 Å². The zero-order chi connectivity index (χ0) is 22.2. The SMILES string of the molecule is CCCOc1ccccc1CNC(=O)c1cc(NC(=O)C2CCCOC2)c(F)cc1F. The van der Waals surface area contributed by atoms with Crippen LogP contribution < -0.4 is 15.4 Å². The third kappa shape index (κ3) is 6.01. The van der Waals surface area contributed by atoms with E-state index in [1.807, 2.05) is 13.0 Å². The summed E-state index contributed by atoms with van der Waals surface area (Å²) in [6.45, 7) is 3.47. The minimum absolute atomic E-state index is 0.108. The summed E-state index contributed by atoms with van der Waals surface area (Å²) in [5.74, 6) is -2.87. The van der Waals surface area contributed by atoms with Gasteiger partial charge >= 0.3 is 0 Å². The Kier molecular flexibility index (Phi) is 7.94. The third-order valence-electron chi connectivity index (χ3n) is 4.96. The van der Waals surface area contributed by atoms with Gasteiger partial charge in [0.25, 0.3) is 5.91 Å². The smallest absolute Gasteiger partial charge is 0.254 e. The number of hydrogen-bond donors (Lipinski definition) is 2. The van der Waals surface area contributed by atoms with Crippen molar-refractivity contribution in [3.05, 3.63) is 59.2 Å². The molecule has 1 unspecified atom stereocenters. The quantitative estimate of drug-likeness (QED) is 0.660. The average molecular weight is 432 g/mol. The van der Waals surface area contributed by atoms with E-state index in [-0.39, 0.29) is 24.4 Å². The van der Waals surface area contributed by atoms with Gasteiger partial charge < -0.3 is 20.1 Å². The van der Waals surface area contributed by atoms with Crippen LogP contribution in [-0.4, -0.2) is 31.6 Å². The summed E-state index contributed by atoms with van der Waals surface area (Å²) in [6, 6.07) is 8.83. The van der Waals surface area contributed by atoms with Crippen LogP contribution in [0.5, 0.6) is 5.75 Å². The van der Waals surface area contributed by atoms with Crippen molar-refractivity contribution >= 4 is 17.5 Å². The standard InChI is InChI=1S/C23H26F2N2O4/c1-2-9-31-21-8-4-3-6-15(21)13-26-23(29)17-11-20(19(25)12-18(17)24)27-22(28)16-7-5-10-30-14-16/h3-4,6,8,11-12,16H,2,5,7,9-10,13-14H2,1H3,(H,26,29)(H,27,28). The first kappa shape index (κ1) is 22.7. The molecule has 2 aromatic rings. The first-order chi connectivity index (χ1) is 15.0. The van der Waals surface area contributed by atoms with Crippen LogP contribution in [0.1, 0.15) is 42.1 Å². The maximum atomic E-state index is 14.3. The molecule has 8 heteroatoms. The molecule has 1 aliphatic heterocycles. The van der Waals surface area contributed by atoms with Gasteiger partial charge in [-0.25, -0.2) is 8.78 Å². The Morgan fingerprint density at radius 2 is 2.00 bits per heavy atom. The number of carbonyl (C=O) groups excluding carboxylic acids is 2. The van der Waals surface area contributed by atoms with Crippen LogP contribution in [-0.2, 0) is 16.1 Å². The van der Waals surface area contributed by atoms with Gasteiger partial charge in [-0.05, 0) is 31.4 Å². The molecule has 1 fully saturated rings. The lowest BCUT2D eigenvalue weighted by Gasteiger charge is -2.21. The van der Waals surface area contributed by atoms with Gasteiger partial charge in [0, 0.05) is 24.8 Å². The molecular formula is C23H26F2N2O4. The fourth-order valence-electron chi connectivity index (χ4n) is 3.27. The van der Waals surface area contributed by atoms with E-state index in [0.717, 1.165) is 24.5 Å². The predicted octanol–water partition coefficient (Wildman–Crippen LogP) is 4.05. The Bertz CT molecular complexity index is 930. The summed E-state index contributed by atoms with van der Waals surface area (Å²) in [7, 11) is 0.